The van der Waals surface area contributed by atoms with Crippen molar-refractivity contribution in [3.05, 3.63) is 0 Å². The fourth-order valence-electron chi connectivity index (χ4n) is 1.16. The van der Waals surface area contributed by atoms with Gasteiger partial charge in [0, 0.05) is 13.7 Å². The van der Waals surface area contributed by atoms with E-state index in [1.807, 2.05) is 6.92 Å². The van der Waals surface area contributed by atoms with Crippen molar-refractivity contribution >= 4 is 0 Å². The number of hydrogen-bond acceptors (Lipinski definition) is 5. The van der Waals surface area contributed by atoms with Gasteiger partial charge >= 0.3 is 0 Å². The van der Waals surface area contributed by atoms with Gasteiger partial charge in [-0.2, -0.15) is 0 Å². The molecule has 0 aromatic rings. The van der Waals surface area contributed by atoms with E-state index in [0.29, 0.717) is 13.2 Å². The zero-order valence-corrected chi connectivity index (χ0v) is 7.93. The van der Waals surface area contributed by atoms with Crippen molar-refractivity contribution in [2.24, 2.45) is 0 Å². The van der Waals surface area contributed by atoms with Crippen LogP contribution in [-0.4, -0.2) is 50.7 Å². The van der Waals surface area contributed by atoms with Gasteiger partial charge in [0.1, 0.15) is 6.10 Å². The third kappa shape index (κ3) is 2.89. The summed E-state index contributed by atoms with van der Waals surface area (Å²) in [7, 11) is 1.51. The second-order valence-corrected chi connectivity index (χ2v) is 2.69. The summed E-state index contributed by atoms with van der Waals surface area (Å²) in [6.07, 6.45) is -1.33. The lowest BCUT2D eigenvalue weighted by molar-refractivity contribution is -0.152. The van der Waals surface area contributed by atoms with Gasteiger partial charge in [-0.3, -0.25) is 0 Å². The summed E-state index contributed by atoms with van der Waals surface area (Å²) in [5.41, 5.74) is 0. The number of hydrogen-bond donors (Lipinski definition) is 1. The third-order valence-corrected chi connectivity index (χ3v) is 1.79. The van der Waals surface area contributed by atoms with Gasteiger partial charge in [-0.25, -0.2) is 0 Å². The molecule has 1 aliphatic rings. The van der Waals surface area contributed by atoms with Crippen LogP contribution >= 0.6 is 0 Å². The standard InChI is InChI=1S/C8H16O5/c1-3-11-5-7-12-6(4-9)8(10-2)13-7/h6-9H,3-5H2,1-2H3. The predicted octanol–water partition coefficient (Wildman–Crippen LogP) is -0.271. The zero-order valence-electron chi connectivity index (χ0n) is 7.93. The van der Waals surface area contributed by atoms with Crippen molar-refractivity contribution in [2.75, 3.05) is 26.9 Å². The molecular formula is C8H16O5. The number of ether oxygens (including phenoxy) is 4. The Balaban J connectivity index is 2.30. The molecule has 0 radical (unpaired) electrons. The molecule has 1 fully saturated rings. The first kappa shape index (κ1) is 10.9. The second kappa shape index (κ2) is 5.51. The largest absolute Gasteiger partial charge is 0.393 e. The van der Waals surface area contributed by atoms with Gasteiger partial charge < -0.3 is 24.1 Å². The summed E-state index contributed by atoms with van der Waals surface area (Å²) in [6, 6.07) is 0. The molecule has 0 saturated carbocycles. The number of methoxy groups -OCH3 is 1. The first-order valence-corrected chi connectivity index (χ1v) is 4.34. The van der Waals surface area contributed by atoms with E-state index in [0.717, 1.165) is 0 Å². The van der Waals surface area contributed by atoms with Crippen molar-refractivity contribution in [3.8, 4) is 0 Å². The van der Waals surface area contributed by atoms with E-state index < -0.39 is 18.7 Å². The van der Waals surface area contributed by atoms with Crippen LogP contribution in [0.4, 0.5) is 0 Å². The van der Waals surface area contributed by atoms with Crippen LogP contribution in [0.2, 0.25) is 0 Å². The molecule has 3 atom stereocenters. The SMILES string of the molecule is CCOCC1OC(CO)C(OC)O1. The number of rotatable bonds is 5. The van der Waals surface area contributed by atoms with Crippen molar-refractivity contribution < 1.29 is 24.1 Å². The lowest BCUT2D eigenvalue weighted by Crippen LogP contribution is -2.27. The molecular weight excluding hydrogens is 176 g/mol. The van der Waals surface area contributed by atoms with Gasteiger partial charge in [0.05, 0.1) is 13.2 Å². The molecule has 0 spiro atoms. The highest BCUT2D eigenvalue weighted by atomic mass is 16.8. The van der Waals surface area contributed by atoms with E-state index in [2.05, 4.69) is 0 Å². The molecule has 1 saturated heterocycles. The quantitative estimate of drug-likeness (QED) is 0.649. The Morgan fingerprint density at radius 3 is 2.62 bits per heavy atom. The Kier molecular flexibility index (Phi) is 4.61. The van der Waals surface area contributed by atoms with Gasteiger partial charge in [-0.15, -0.1) is 0 Å². The topological polar surface area (TPSA) is 57.2 Å². The number of aliphatic hydroxyl groups is 1. The Morgan fingerprint density at radius 2 is 2.15 bits per heavy atom. The molecule has 1 heterocycles. The first-order valence-electron chi connectivity index (χ1n) is 4.34. The maximum atomic E-state index is 8.88. The van der Waals surface area contributed by atoms with E-state index in [-0.39, 0.29) is 6.61 Å². The van der Waals surface area contributed by atoms with E-state index in [1.54, 1.807) is 0 Å². The zero-order chi connectivity index (χ0) is 9.68. The maximum Gasteiger partial charge on any atom is 0.188 e. The van der Waals surface area contributed by atoms with E-state index >= 15 is 0 Å². The van der Waals surface area contributed by atoms with E-state index in [9.17, 15) is 0 Å². The summed E-state index contributed by atoms with van der Waals surface area (Å²) in [4.78, 5) is 0. The normalized spacial score (nSPS) is 33.9. The first-order chi connectivity index (χ1) is 6.31. The molecule has 13 heavy (non-hydrogen) atoms. The molecule has 3 unspecified atom stereocenters. The molecule has 1 aliphatic heterocycles. The van der Waals surface area contributed by atoms with Crippen LogP contribution in [-0.2, 0) is 18.9 Å². The molecule has 5 nitrogen and oxygen atoms in total. The Morgan fingerprint density at radius 1 is 1.38 bits per heavy atom. The van der Waals surface area contributed by atoms with Crippen LogP contribution in [0.25, 0.3) is 0 Å². The van der Waals surface area contributed by atoms with Crippen LogP contribution in [0.5, 0.6) is 0 Å². The van der Waals surface area contributed by atoms with E-state index in [4.69, 9.17) is 24.1 Å². The predicted molar refractivity (Wildman–Crippen MR) is 44.1 cm³/mol. The Labute approximate surface area is 77.5 Å². The highest BCUT2D eigenvalue weighted by Gasteiger charge is 2.35. The molecule has 1 N–H and O–H groups in total. The van der Waals surface area contributed by atoms with Crippen LogP contribution in [0.1, 0.15) is 6.92 Å². The van der Waals surface area contributed by atoms with Crippen molar-refractivity contribution in [1.29, 1.82) is 0 Å². The van der Waals surface area contributed by atoms with Crippen molar-refractivity contribution in [1.82, 2.24) is 0 Å². The van der Waals surface area contributed by atoms with Crippen molar-refractivity contribution in [3.63, 3.8) is 0 Å². The molecule has 5 heteroatoms. The molecule has 0 aromatic carbocycles. The van der Waals surface area contributed by atoms with Crippen LogP contribution < -0.4 is 0 Å². The molecule has 0 amide bonds. The fourth-order valence-corrected chi connectivity index (χ4v) is 1.16. The molecule has 0 bridgehead atoms. The summed E-state index contributed by atoms with van der Waals surface area (Å²) < 4.78 is 20.7. The fraction of sp³-hybridized carbons (Fsp3) is 1.00. The molecule has 0 aliphatic carbocycles. The highest BCUT2D eigenvalue weighted by Crippen LogP contribution is 2.19. The summed E-state index contributed by atoms with van der Waals surface area (Å²) in [6.45, 7) is 2.77. The highest BCUT2D eigenvalue weighted by molar-refractivity contribution is 4.69. The van der Waals surface area contributed by atoms with Gasteiger partial charge in [-0.05, 0) is 6.92 Å². The molecule has 0 aromatic heterocycles. The smallest absolute Gasteiger partial charge is 0.188 e. The lowest BCUT2D eigenvalue weighted by Gasteiger charge is -2.10. The Bertz CT molecular complexity index is 128. The maximum absolute atomic E-state index is 8.88. The van der Waals surface area contributed by atoms with Gasteiger partial charge in [0.2, 0.25) is 0 Å². The monoisotopic (exact) mass is 192 g/mol. The van der Waals surface area contributed by atoms with Crippen LogP contribution in [0, 0.1) is 0 Å². The minimum atomic E-state index is -0.490. The lowest BCUT2D eigenvalue weighted by atomic mass is 10.4. The van der Waals surface area contributed by atoms with E-state index in [1.165, 1.54) is 7.11 Å². The third-order valence-electron chi connectivity index (χ3n) is 1.79. The summed E-state index contributed by atoms with van der Waals surface area (Å²) in [5, 5.41) is 8.88. The average Bonchev–Trinajstić information content (AvgIpc) is 2.57. The Hall–Kier alpha value is -0.200. The van der Waals surface area contributed by atoms with Crippen molar-refractivity contribution in [2.45, 2.75) is 25.6 Å². The second-order valence-electron chi connectivity index (χ2n) is 2.69. The van der Waals surface area contributed by atoms with Gasteiger partial charge in [-0.1, -0.05) is 0 Å². The van der Waals surface area contributed by atoms with Gasteiger partial charge in [0.25, 0.3) is 0 Å². The van der Waals surface area contributed by atoms with Crippen LogP contribution in [0.15, 0.2) is 0 Å². The molecule has 78 valence electrons. The summed E-state index contributed by atoms with van der Waals surface area (Å²) in [5.74, 6) is 0. The van der Waals surface area contributed by atoms with Gasteiger partial charge in [0.15, 0.2) is 12.6 Å². The van der Waals surface area contributed by atoms with Crippen LogP contribution in [0.3, 0.4) is 0 Å². The average molecular weight is 192 g/mol. The number of aliphatic hydroxyl groups excluding tert-OH is 1. The molecule has 1 rings (SSSR count). The minimum absolute atomic E-state index is 0.110. The minimum Gasteiger partial charge on any atom is -0.393 e. The summed E-state index contributed by atoms with van der Waals surface area (Å²) >= 11 is 0.